The monoisotopic (exact) mass is 533 g/mol. The molecule has 3 aromatic rings. The van der Waals surface area contributed by atoms with Gasteiger partial charge in [0.15, 0.2) is 0 Å². The lowest BCUT2D eigenvalue weighted by molar-refractivity contribution is -0.393. The zero-order chi connectivity index (χ0) is 27.6. The molecule has 0 aliphatic carbocycles. The predicted molar refractivity (Wildman–Crippen MR) is 149 cm³/mol. The lowest BCUT2D eigenvalue weighted by atomic mass is 10.0. The Balaban J connectivity index is 1.53. The second-order valence-electron chi connectivity index (χ2n) is 9.19. The van der Waals surface area contributed by atoms with Crippen LogP contribution in [0.15, 0.2) is 71.8 Å². The number of ether oxygens (including phenoxy) is 2. The molecule has 1 aliphatic rings. The molecule has 11 heteroatoms. The topological polar surface area (TPSA) is 132 Å². The number of nitro benzene ring substituents is 2. The molecule has 1 saturated heterocycles. The minimum Gasteiger partial charge on any atom is -0.497 e. The Hall–Kier alpha value is -4.51. The van der Waals surface area contributed by atoms with Gasteiger partial charge in [0, 0.05) is 19.0 Å². The van der Waals surface area contributed by atoms with Gasteiger partial charge in [0.25, 0.3) is 5.69 Å². The molecule has 0 spiro atoms. The highest BCUT2D eigenvalue weighted by atomic mass is 16.6. The van der Waals surface area contributed by atoms with E-state index in [0.717, 1.165) is 48.3 Å². The molecule has 39 heavy (non-hydrogen) atoms. The van der Waals surface area contributed by atoms with E-state index in [9.17, 15) is 20.2 Å². The van der Waals surface area contributed by atoms with Gasteiger partial charge in [-0.25, -0.2) is 0 Å². The number of piperidine rings is 1. The standard InChI is InChI=1S/C28H31N5O6/c1-38-24-10-5-21(6-11-24)19-27(30-29-26-14-9-23(32(34)35)20-28(26)33(36)37)22-7-12-25(13-8-22)39-18-17-31-15-3-2-4-16-31/h5-14,20,29H,2-4,15-19H2,1H3/b30-27+. The summed E-state index contributed by atoms with van der Waals surface area (Å²) in [6.07, 6.45) is 4.20. The van der Waals surface area contributed by atoms with Crippen molar-refractivity contribution >= 4 is 22.8 Å². The van der Waals surface area contributed by atoms with Crippen molar-refractivity contribution in [1.82, 2.24) is 4.90 Å². The lowest BCUT2D eigenvalue weighted by Gasteiger charge is -2.26. The number of hydrogen-bond acceptors (Lipinski definition) is 9. The smallest absolute Gasteiger partial charge is 0.301 e. The third kappa shape index (κ3) is 7.74. The van der Waals surface area contributed by atoms with Gasteiger partial charge in [-0.3, -0.25) is 30.6 Å². The van der Waals surface area contributed by atoms with Crippen LogP contribution in [0.5, 0.6) is 11.5 Å². The first kappa shape index (κ1) is 27.5. The number of non-ortho nitro benzene ring substituents is 1. The first-order valence-electron chi connectivity index (χ1n) is 12.8. The highest BCUT2D eigenvalue weighted by molar-refractivity contribution is 6.02. The average Bonchev–Trinajstić information content (AvgIpc) is 2.96. The van der Waals surface area contributed by atoms with Gasteiger partial charge < -0.3 is 9.47 Å². The van der Waals surface area contributed by atoms with Gasteiger partial charge in [-0.1, -0.05) is 18.6 Å². The minimum atomic E-state index is -0.677. The first-order chi connectivity index (χ1) is 18.9. The Morgan fingerprint density at radius 3 is 2.26 bits per heavy atom. The largest absolute Gasteiger partial charge is 0.497 e. The van der Waals surface area contributed by atoms with Crippen LogP contribution >= 0.6 is 0 Å². The molecule has 0 radical (unpaired) electrons. The van der Waals surface area contributed by atoms with Crippen molar-refractivity contribution < 1.29 is 19.3 Å². The number of methoxy groups -OCH3 is 1. The van der Waals surface area contributed by atoms with E-state index in [2.05, 4.69) is 15.4 Å². The molecule has 0 unspecified atom stereocenters. The van der Waals surface area contributed by atoms with Gasteiger partial charge in [0.1, 0.15) is 23.8 Å². The second-order valence-corrected chi connectivity index (χ2v) is 9.19. The van der Waals surface area contributed by atoms with E-state index in [1.54, 1.807) is 7.11 Å². The Bertz CT molecular complexity index is 1310. The third-order valence-electron chi connectivity index (χ3n) is 6.54. The average molecular weight is 534 g/mol. The predicted octanol–water partition coefficient (Wildman–Crippen LogP) is 5.44. The fraction of sp³-hybridized carbons (Fsp3) is 0.321. The number of rotatable bonds is 12. The summed E-state index contributed by atoms with van der Waals surface area (Å²) in [7, 11) is 1.60. The van der Waals surface area contributed by atoms with Crippen LogP contribution in [0, 0.1) is 20.2 Å². The number of anilines is 1. The van der Waals surface area contributed by atoms with E-state index < -0.39 is 15.5 Å². The van der Waals surface area contributed by atoms with Crippen LogP contribution in [0.4, 0.5) is 17.1 Å². The molecule has 1 N–H and O–H groups in total. The zero-order valence-electron chi connectivity index (χ0n) is 21.7. The molecule has 1 aliphatic heterocycles. The highest BCUT2D eigenvalue weighted by Crippen LogP contribution is 2.29. The molecular formula is C28H31N5O6. The maximum Gasteiger partial charge on any atom is 0.301 e. The summed E-state index contributed by atoms with van der Waals surface area (Å²) in [5.41, 5.74) is 4.37. The first-order valence-corrected chi connectivity index (χ1v) is 12.8. The van der Waals surface area contributed by atoms with Gasteiger partial charge >= 0.3 is 5.69 Å². The van der Waals surface area contributed by atoms with E-state index in [1.807, 2.05) is 48.5 Å². The van der Waals surface area contributed by atoms with Crippen molar-refractivity contribution in [2.75, 3.05) is 38.8 Å². The van der Waals surface area contributed by atoms with E-state index >= 15 is 0 Å². The second kappa shape index (κ2) is 13.3. The number of hydrazone groups is 1. The summed E-state index contributed by atoms with van der Waals surface area (Å²) < 4.78 is 11.2. The number of nitrogens with one attached hydrogen (secondary N) is 1. The summed E-state index contributed by atoms with van der Waals surface area (Å²) in [6, 6.07) is 18.5. The molecule has 0 bridgehead atoms. The summed E-state index contributed by atoms with van der Waals surface area (Å²) in [4.78, 5) is 23.7. The molecule has 4 rings (SSSR count). The number of nitrogens with zero attached hydrogens (tertiary/aromatic N) is 4. The van der Waals surface area contributed by atoms with Crippen LogP contribution in [0.25, 0.3) is 0 Å². The fourth-order valence-corrected chi connectivity index (χ4v) is 4.37. The molecule has 0 aromatic heterocycles. The SMILES string of the molecule is COc1ccc(C/C(=N\Nc2ccc([N+](=O)[O-])cc2[N+](=O)[O-])c2ccc(OCCN3CCCCC3)cc2)cc1. The van der Waals surface area contributed by atoms with Crippen LogP contribution in [0.3, 0.4) is 0 Å². The van der Waals surface area contributed by atoms with Gasteiger partial charge in [-0.15, -0.1) is 0 Å². The molecule has 204 valence electrons. The normalized spacial score (nSPS) is 14.0. The van der Waals surface area contributed by atoms with Gasteiger partial charge in [0.05, 0.1) is 28.7 Å². The van der Waals surface area contributed by atoms with Crippen molar-refractivity contribution in [2.24, 2.45) is 5.10 Å². The van der Waals surface area contributed by atoms with Gasteiger partial charge in [-0.2, -0.15) is 5.10 Å². The van der Waals surface area contributed by atoms with Crippen LogP contribution in [-0.2, 0) is 6.42 Å². The molecular weight excluding hydrogens is 502 g/mol. The Morgan fingerprint density at radius 1 is 0.923 bits per heavy atom. The van der Waals surface area contributed by atoms with Crippen molar-refractivity contribution in [1.29, 1.82) is 0 Å². The maximum absolute atomic E-state index is 11.6. The molecule has 3 aromatic carbocycles. The van der Waals surface area contributed by atoms with Crippen LogP contribution < -0.4 is 14.9 Å². The quantitative estimate of drug-likeness (QED) is 0.185. The van der Waals surface area contributed by atoms with E-state index in [4.69, 9.17) is 9.47 Å². The van der Waals surface area contributed by atoms with Gasteiger partial charge in [-0.05, 0) is 79.5 Å². The van der Waals surface area contributed by atoms with E-state index in [-0.39, 0.29) is 11.4 Å². The molecule has 0 atom stereocenters. The molecule has 1 heterocycles. The van der Waals surface area contributed by atoms with E-state index in [0.29, 0.717) is 18.7 Å². The Kier molecular flexibility index (Phi) is 9.41. The Morgan fingerprint density at radius 2 is 1.62 bits per heavy atom. The summed E-state index contributed by atoms with van der Waals surface area (Å²) in [5, 5.41) is 27.1. The summed E-state index contributed by atoms with van der Waals surface area (Å²) >= 11 is 0. The molecule has 1 fully saturated rings. The van der Waals surface area contributed by atoms with Crippen molar-refractivity contribution in [3.05, 3.63) is 98.1 Å². The van der Waals surface area contributed by atoms with Crippen molar-refractivity contribution in [3.8, 4) is 11.5 Å². The van der Waals surface area contributed by atoms with Crippen LogP contribution in [-0.4, -0.2) is 53.8 Å². The lowest BCUT2D eigenvalue weighted by Crippen LogP contribution is -2.33. The molecule has 0 amide bonds. The number of likely N-dealkylation sites (tertiary alicyclic amines) is 1. The third-order valence-corrected chi connectivity index (χ3v) is 6.54. The van der Waals surface area contributed by atoms with Crippen molar-refractivity contribution in [3.63, 3.8) is 0 Å². The van der Waals surface area contributed by atoms with Crippen LogP contribution in [0.2, 0.25) is 0 Å². The maximum atomic E-state index is 11.6. The molecule has 11 nitrogen and oxygen atoms in total. The van der Waals surface area contributed by atoms with Crippen LogP contribution in [0.1, 0.15) is 30.4 Å². The summed E-state index contributed by atoms with van der Waals surface area (Å²) in [6.45, 7) is 3.74. The van der Waals surface area contributed by atoms with Gasteiger partial charge in [0.2, 0.25) is 0 Å². The summed E-state index contributed by atoms with van der Waals surface area (Å²) in [5.74, 6) is 1.47. The van der Waals surface area contributed by atoms with Crippen molar-refractivity contribution in [2.45, 2.75) is 25.7 Å². The number of nitro groups is 2. The highest BCUT2D eigenvalue weighted by Gasteiger charge is 2.19. The fourth-order valence-electron chi connectivity index (χ4n) is 4.37. The van der Waals surface area contributed by atoms with E-state index in [1.165, 1.54) is 31.4 Å². The number of benzene rings is 3. The minimum absolute atomic E-state index is 0.0514. The Labute approximate surface area is 226 Å². The molecule has 0 saturated carbocycles. The zero-order valence-corrected chi connectivity index (χ0v) is 21.7. The number of hydrogen-bond donors (Lipinski definition) is 1.